The van der Waals surface area contributed by atoms with Crippen molar-refractivity contribution >= 4 is 21.7 Å². The van der Waals surface area contributed by atoms with E-state index in [1.165, 1.54) is 0 Å². The van der Waals surface area contributed by atoms with Gasteiger partial charge in [0.1, 0.15) is 0 Å². The number of carbonyl (C=O) groups is 1. The molecule has 0 saturated carbocycles. The standard InChI is InChI=1S/C11H12N2O7S/c1-20-11(15)9-4-7(13(16)17)2-3-10(9)21(18,19)12-5-8(14)6-12/h2-4,8,14H,5-6H2,1H3. The maximum atomic E-state index is 12.3. The molecule has 0 atom stereocenters. The maximum Gasteiger partial charge on any atom is 0.339 e. The molecule has 1 aromatic rings. The Balaban J connectivity index is 2.52. The molecule has 2 rings (SSSR count). The highest BCUT2D eigenvalue weighted by Crippen LogP contribution is 2.27. The smallest absolute Gasteiger partial charge is 0.339 e. The summed E-state index contributed by atoms with van der Waals surface area (Å²) in [5.41, 5.74) is -0.828. The van der Waals surface area contributed by atoms with Crippen LogP contribution in [-0.2, 0) is 14.8 Å². The van der Waals surface area contributed by atoms with E-state index in [1.54, 1.807) is 0 Å². The van der Waals surface area contributed by atoms with E-state index in [0.29, 0.717) is 0 Å². The fourth-order valence-corrected chi connectivity index (χ4v) is 3.55. The van der Waals surface area contributed by atoms with Gasteiger partial charge in [0, 0.05) is 25.2 Å². The number of β-amino-alcohol motifs (C(OH)–C–C–N with tert-alkyl or cyclic N) is 1. The van der Waals surface area contributed by atoms with Crippen LogP contribution in [0, 0.1) is 10.1 Å². The Morgan fingerprint density at radius 2 is 2.10 bits per heavy atom. The molecule has 1 fully saturated rings. The Morgan fingerprint density at radius 3 is 2.57 bits per heavy atom. The topological polar surface area (TPSA) is 127 Å². The molecule has 1 aliphatic rings. The van der Waals surface area contributed by atoms with Crippen LogP contribution < -0.4 is 0 Å². The van der Waals surface area contributed by atoms with Gasteiger partial charge in [0.05, 0.1) is 28.6 Å². The van der Waals surface area contributed by atoms with Crippen molar-refractivity contribution in [1.82, 2.24) is 4.31 Å². The Morgan fingerprint density at radius 1 is 1.48 bits per heavy atom. The Bertz CT molecular complexity index is 695. The van der Waals surface area contributed by atoms with Gasteiger partial charge < -0.3 is 9.84 Å². The number of aliphatic hydroxyl groups excluding tert-OH is 1. The van der Waals surface area contributed by atoms with Crippen LogP contribution >= 0.6 is 0 Å². The molecular formula is C11H12N2O7S. The van der Waals surface area contributed by atoms with Crippen molar-refractivity contribution in [2.24, 2.45) is 0 Å². The molecule has 0 radical (unpaired) electrons. The fourth-order valence-electron chi connectivity index (χ4n) is 1.88. The van der Waals surface area contributed by atoms with Gasteiger partial charge in [0.25, 0.3) is 5.69 Å². The van der Waals surface area contributed by atoms with Crippen molar-refractivity contribution in [3.05, 3.63) is 33.9 Å². The number of nitro benzene ring substituents is 1. The molecule has 1 N–H and O–H groups in total. The third kappa shape index (κ3) is 2.73. The number of hydrogen-bond donors (Lipinski definition) is 1. The minimum Gasteiger partial charge on any atom is -0.465 e. The number of non-ortho nitro benzene ring substituents is 1. The van der Waals surface area contributed by atoms with Crippen LogP contribution in [-0.4, -0.2) is 55.0 Å². The fraction of sp³-hybridized carbons (Fsp3) is 0.364. The number of aliphatic hydroxyl groups is 1. The van der Waals surface area contributed by atoms with Crippen molar-refractivity contribution in [2.75, 3.05) is 20.2 Å². The van der Waals surface area contributed by atoms with Gasteiger partial charge in [0.2, 0.25) is 10.0 Å². The molecule has 0 aromatic heterocycles. The third-order valence-electron chi connectivity index (χ3n) is 3.03. The molecule has 0 bridgehead atoms. The van der Waals surface area contributed by atoms with E-state index in [2.05, 4.69) is 4.74 Å². The second kappa shape index (κ2) is 5.39. The van der Waals surface area contributed by atoms with Crippen LogP contribution in [0.2, 0.25) is 0 Å². The van der Waals surface area contributed by atoms with E-state index in [1.807, 2.05) is 0 Å². The molecule has 10 heteroatoms. The number of benzene rings is 1. The number of rotatable bonds is 4. The molecule has 1 aliphatic heterocycles. The quantitative estimate of drug-likeness (QED) is 0.461. The highest BCUT2D eigenvalue weighted by molar-refractivity contribution is 7.89. The zero-order valence-corrected chi connectivity index (χ0v) is 11.7. The predicted octanol–water partition coefficient (Wildman–Crippen LogP) is -0.253. The molecule has 114 valence electrons. The Hall–Kier alpha value is -2.04. The average molecular weight is 316 g/mol. The van der Waals surface area contributed by atoms with Crippen LogP contribution in [0.1, 0.15) is 10.4 Å². The van der Waals surface area contributed by atoms with Crippen LogP contribution in [0.25, 0.3) is 0 Å². The summed E-state index contributed by atoms with van der Waals surface area (Å²) >= 11 is 0. The Kier molecular flexibility index (Phi) is 3.94. The monoisotopic (exact) mass is 316 g/mol. The molecule has 0 amide bonds. The first kappa shape index (κ1) is 15.4. The SMILES string of the molecule is COC(=O)c1cc([N+](=O)[O-])ccc1S(=O)(=O)N1CC(O)C1. The summed E-state index contributed by atoms with van der Waals surface area (Å²) in [6.45, 7) is -0.167. The molecule has 1 heterocycles. The molecule has 9 nitrogen and oxygen atoms in total. The number of sulfonamides is 1. The Labute approximate surface area is 119 Å². The van der Waals surface area contributed by atoms with E-state index in [0.717, 1.165) is 29.6 Å². The van der Waals surface area contributed by atoms with Crippen molar-refractivity contribution in [1.29, 1.82) is 0 Å². The lowest BCUT2D eigenvalue weighted by molar-refractivity contribution is -0.384. The second-order valence-corrected chi connectivity index (χ2v) is 6.31. The molecule has 0 spiro atoms. The van der Waals surface area contributed by atoms with Crippen molar-refractivity contribution in [2.45, 2.75) is 11.0 Å². The van der Waals surface area contributed by atoms with Gasteiger partial charge in [-0.3, -0.25) is 10.1 Å². The van der Waals surface area contributed by atoms with E-state index < -0.39 is 38.3 Å². The summed E-state index contributed by atoms with van der Waals surface area (Å²) in [5.74, 6) is -0.988. The number of ether oxygens (including phenoxy) is 1. The van der Waals surface area contributed by atoms with Gasteiger partial charge in [0.15, 0.2) is 0 Å². The zero-order valence-electron chi connectivity index (χ0n) is 10.9. The number of hydrogen-bond acceptors (Lipinski definition) is 7. The molecular weight excluding hydrogens is 304 g/mol. The highest BCUT2D eigenvalue weighted by atomic mass is 32.2. The maximum absolute atomic E-state index is 12.3. The van der Waals surface area contributed by atoms with E-state index in [9.17, 15) is 28.4 Å². The van der Waals surface area contributed by atoms with Crippen molar-refractivity contribution in [3.63, 3.8) is 0 Å². The van der Waals surface area contributed by atoms with Crippen LogP contribution in [0.5, 0.6) is 0 Å². The van der Waals surface area contributed by atoms with Gasteiger partial charge in [-0.25, -0.2) is 13.2 Å². The van der Waals surface area contributed by atoms with Crippen molar-refractivity contribution in [3.8, 4) is 0 Å². The molecule has 0 unspecified atom stereocenters. The largest absolute Gasteiger partial charge is 0.465 e. The number of methoxy groups -OCH3 is 1. The minimum atomic E-state index is -4.01. The zero-order chi connectivity index (χ0) is 15.8. The lowest BCUT2D eigenvalue weighted by Crippen LogP contribution is -2.53. The summed E-state index contributed by atoms with van der Waals surface area (Å²) in [5, 5.41) is 19.9. The van der Waals surface area contributed by atoms with Crippen molar-refractivity contribution < 1.29 is 28.0 Å². The molecule has 1 saturated heterocycles. The number of esters is 1. The number of nitrogens with zero attached hydrogens (tertiary/aromatic N) is 2. The minimum absolute atomic E-state index is 0.0834. The van der Waals surface area contributed by atoms with Gasteiger partial charge in [-0.15, -0.1) is 0 Å². The predicted molar refractivity (Wildman–Crippen MR) is 69.2 cm³/mol. The summed E-state index contributed by atoms with van der Waals surface area (Å²) in [7, 11) is -2.97. The van der Waals surface area contributed by atoms with Gasteiger partial charge in [-0.2, -0.15) is 4.31 Å². The van der Waals surface area contributed by atoms with Crippen LogP contribution in [0.3, 0.4) is 0 Å². The summed E-state index contributed by atoms with van der Waals surface area (Å²) < 4.78 is 30.1. The van der Waals surface area contributed by atoms with Crippen LogP contribution in [0.4, 0.5) is 5.69 Å². The number of nitro groups is 1. The number of carbonyl (C=O) groups excluding carboxylic acids is 1. The summed E-state index contributed by atoms with van der Waals surface area (Å²) in [6.07, 6.45) is -0.751. The van der Waals surface area contributed by atoms with Gasteiger partial charge >= 0.3 is 5.97 Å². The third-order valence-corrected chi connectivity index (χ3v) is 4.92. The van der Waals surface area contributed by atoms with E-state index in [-0.39, 0.29) is 18.0 Å². The molecule has 21 heavy (non-hydrogen) atoms. The first-order valence-corrected chi connectivity index (χ1v) is 7.26. The lowest BCUT2D eigenvalue weighted by atomic mass is 10.2. The first-order chi connectivity index (χ1) is 9.77. The summed E-state index contributed by atoms with van der Waals surface area (Å²) in [6, 6.07) is 2.84. The van der Waals surface area contributed by atoms with E-state index in [4.69, 9.17) is 0 Å². The van der Waals surface area contributed by atoms with E-state index >= 15 is 0 Å². The normalized spacial score (nSPS) is 16.3. The molecule has 0 aliphatic carbocycles. The van der Waals surface area contributed by atoms with Gasteiger partial charge in [-0.1, -0.05) is 0 Å². The average Bonchev–Trinajstić information content (AvgIpc) is 2.42. The molecule has 1 aromatic carbocycles. The summed E-state index contributed by atoms with van der Waals surface area (Å²) in [4.78, 5) is 21.3. The highest BCUT2D eigenvalue weighted by Gasteiger charge is 2.38. The lowest BCUT2D eigenvalue weighted by Gasteiger charge is -2.34. The first-order valence-electron chi connectivity index (χ1n) is 5.82. The second-order valence-electron chi connectivity index (χ2n) is 4.40. The van der Waals surface area contributed by atoms with Gasteiger partial charge in [-0.05, 0) is 6.07 Å². The van der Waals surface area contributed by atoms with Crippen LogP contribution in [0.15, 0.2) is 23.1 Å².